The Morgan fingerprint density at radius 2 is 1.94 bits per heavy atom. The second-order valence-electron chi connectivity index (χ2n) is 5.33. The lowest BCUT2D eigenvalue weighted by atomic mass is 9.84. The topological polar surface area (TPSA) is 74.7 Å². The van der Waals surface area contributed by atoms with Gasteiger partial charge in [0.2, 0.25) is 5.91 Å². The van der Waals surface area contributed by atoms with Crippen molar-refractivity contribution in [2.75, 3.05) is 6.54 Å². The third kappa shape index (κ3) is 2.89. The van der Waals surface area contributed by atoms with Crippen LogP contribution in [0.3, 0.4) is 0 Å². The molecule has 0 unspecified atom stereocenters. The Balaban J connectivity index is 2.01. The van der Waals surface area contributed by atoms with Crippen LogP contribution in [0.15, 0.2) is 0 Å². The Morgan fingerprint density at radius 1 is 1.28 bits per heavy atom. The molecule has 2 fully saturated rings. The van der Waals surface area contributed by atoms with Gasteiger partial charge in [-0.05, 0) is 12.3 Å². The Labute approximate surface area is 106 Å². The highest BCUT2D eigenvalue weighted by Gasteiger charge is 2.38. The Morgan fingerprint density at radius 3 is 2.44 bits per heavy atom. The number of hydrogen-bond acceptors (Lipinski definition) is 3. The van der Waals surface area contributed by atoms with Gasteiger partial charge in [-0.15, -0.1) is 0 Å². The van der Waals surface area contributed by atoms with Gasteiger partial charge >= 0.3 is 5.97 Å². The normalized spacial score (nSPS) is 23.4. The van der Waals surface area contributed by atoms with Crippen LogP contribution in [0.1, 0.15) is 44.9 Å². The van der Waals surface area contributed by atoms with Crippen molar-refractivity contribution in [3.05, 3.63) is 0 Å². The summed E-state index contributed by atoms with van der Waals surface area (Å²) in [4.78, 5) is 35.4. The van der Waals surface area contributed by atoms with Crippen molar-refractivity contribution in [2.24, 2.45) is 5.92 Å². The number of rotatable bonds is 4. The molecule has 1 saturated carbocycles. The van der Waals surface area contributed by atoms with E-state index < -0.39 is 12.0 Å². The molecule has 0 aromatic heterocycles. The van der Waals surface area contributed by atoms with Gasteiger partial charge in [-0.2, -0.15) is 0 Å². The zero-order valence-electron chi connectivity index (χ0n) is 10.4. The number of Topliss-reactive ketones (excluding diaryl/α,β-unsaturated/α-hetero) is 1. The summed E-state index contributed by atoms with van der Waals surface area (Å²) >= 11 is 0. The zero-order chi connectivity index (χ0) is 13.1. The summed E-state index contributed by atoms with van der Waals surface area (Å²) in [5.74, 6) is -1.11. The molecule has 1 heterocycles. The van der Waals surface area contributed by atoms with Crippen LogP contribution in [0.25, 0.3) is 0 Å². The van der Waals surface area contributed by atoms with Crippen LogP contribution in [0, 0.1) is 5.92 Å². The van der Waals surface area contributed by atoms with E-state index in [9.17, 15) is 19.5 Å². The lowest BCUT2D eigenvalue weighted by molar-refractivity contribution is -0.149. The number of carboxylic acid groups (broad SMARTS) is 1. The molecule has 2 aliphatic rings. The van der Waals surface area contributed by atoms with Crippen LogP contribution < -0.4 is 0 Å². The molecule has 1 atom stereocenters. The molecule has 1 aliphatic heterocycles. The minimum absolute atomic E-state index is 0.0253. The average molecular weight is 253 g/mol. The summed E-state index contributed by atoms with van der Waals surface area (Å²) in [6, 6.07) is -0.813. The quantitative estimate of drug-likeness (QED) is 0.764. The lowest BCUT2D eigenvalue weighted by Gasteiger charge is -2.29. The number of amides is 1. The highest BCUT2D eigenvalue weighted by Crippen LogP contribution is 2.29. The maximum atomic E-state index is 11.6. The van der Waals surface area contributed by atoms with Crippen LogP contribution in [0.2, 0.25) is 0 Å². The molecule has 1 N–H and O–H groups in total. The molecule has 2 rings (SSSR count). The van der Waals surface area contributed by atoms with Crippen molar-refractivity contribution in [3.63, 3.8) is 0 Å². The molecule has 0 aromatic rings. The van der Waals surface area contributed by atoms with Gasteiger partial charge in [0.25, 0.3) is 0 Å². The first-order chi connectivity index (χ1) is 8.58. The van der Waals surface area contributed by atoms with Gasteiger partial charge in [0.15, 0.2) is 5.78 Å². The largest absolute Gasteiger partial charge is 0.480 e. The smallest absolute Gasteiger partial charge is 0.326 e. The molecular weight excluding hydrogens is 234 g/mol. The van der Waals surface area contributed by atoms with E-state index in [4.69, 9.17) is 0 Å². The minimum Gasteiger partial charge on any atom is -0.480 e. The second-order valence-corrected chi connectivity index (χ2v) is 5.33. The van der Waals surface area contributed by atoms with Gasteiger partial charge in [0.05, 0.1) is 13.0 Å². The highest BCUT2D eigenvalue weighted by molar-refractivity contribution is 6.06. The van der Waals surface area contributed by atoms with E-state index >= 15 is 0 Å². The Bertz CT molecular complexity index is 360. The standard InChI is InChI=1S/C13H19NO4/c15-10-7-12(16)14(8-10)11(13(17)18)6-9-4-2-1-3-5-9/h9,11H,1-8H2,(H,17,18)/t11-/m0/s1. The number of aliphatic carboxylic acids is 1. The van der Waals surface area contributed by atoms with E-state index in [1.165, 1.54) is 11.3 Å². The minimum atomic E-state index is -0.983. The summed E-state index contributed by atoms with van der Waals surface area (Å²) in [5.41, 5.74) is 0. The maximum absolute atomic E-state index is 11.6. The summed E-state index contributed by atoms with van der Waals surface area (Å²) in [5, 5.41) is 9.26. The molecule has 18 heavy (non-hydrogen) atoms. The number of hydrogen-bond donors (Lipinski definition) is 1. The predicted octanol–water partition coefficient (Wildman–Crippen LogP) is 1.21. The number of nitrogens with zero attached hydrogens (tertiary/aromatic N) is 1. The van der Waals surface area contributed by atoms with E-state index in [0.717, 1.165) is 25.7 Å². The SMILES string of the molecule is O=C1CC(=O)N([C@@H](CC2CCCCC2)C(=O)O)C1. The fourth-order valence-corrected chi connectivity index (χ4v) is 2.99. The van der Waals surface area contributed by atoms with E-state index in [-0.39, 0.29) is 24.7 Å². The molecule has 0 aromatic carbocycles. The van der Waals surface area contributed by atoms with Crippen LogP contribution >= 0.6 is 0 Å². The number of carbonyl (C=O) groups is 3. The third-order valence-electron chi connectivity index (χ3n) is 3.96. The van der Waals surface area contributed by atoms with Gasteiger partial charge in [0, 0.05) is 0 Å². The van der Waals surface area contributed by atoms with E-state index in [2.05, 4.69) is 0 Å². The van der Waals surface area contributed by atoms with Crippen LogP contribution in [0.4, 0.5) is 0 Å². The van der Waals surface area contributed by atoms with Crippen molar-refractivity contribution in [2.45, 2.75) is 51.0 Å². The second kappa shape index (κ2) is 5.50. The van der Waals surface area contributed by atoms with Gasteiger partial charge in [-0.1, -0.05) is 32.1 Å². The average Bonchev–Trinajstić information content (AvgIpc) is 2.66. The van der Waals surface area contributed by atoms with Crippen molar-refractivity contribution in [3.8, 4) is 0 Å². The monoisotopic (exact) mass is 253 g/mol. The van der Waals surface area contributed by atoms with E-state index in [1.54, 1.807) is 0 Å². The van der Waals surface area contributed by atoms with Gasteiger partial charge < -0.3 is 10.0 Å². The number of likely N-dealkylation sites (tertiary alicyclic amines) is 1. The van der Waals surface area contributed by atoms with E-state index in [1.807, 2.05) is 0 Å². The van der Waals surface area contributed by atoms with Crippen molar-refractivity contribution < 1.29 is 19.5 Å². The number of carboxylic acids is 1. The first-order valence-corrected chi connectivity index (χ1v) is 6.62. The summed E-state index contributed by atoms with van der Waals surface area (Å²) in [7, 11) is 0. The fraction of sp³-hybridized carbons (Fsp3) is 0.769. The van der Waals surface area contributed by atoms with Crippen molar-refractivity contribution >= 4 is 17.7 Å². The fourth-order valence-electron chi connectivity index (χ4n) is 2.99. The molecule has 0 radical (unpaired) electrons. The summed E-state index contributed by atoms with van der Waals surface area (Å²) in [6.07, 6.45) is 5.95. The molecule has 1 amide bonds. The Kier molecular flexibility index (Phi) is 3.99. The molecule has 5 nitrogen and oxygen atoms in total. The number of ketones is 1. The highest BCUT2D eigenvalue weighted by atomic mass is 16.4. The molecule has 0 spiro atoms. The summed E-state index contributed by atoms with van der Waals surface area (Å²) < 4.78 is 0. The molecule has 1 saturated heterocycles. The molecule has 0 bridgehead atoms. The predicted molar refractivity (Wildman–Crippen MR) is 64.0 cm³/mol. The van der Waals surface area contributed by atoms with Gasteiger partial charge in [0.1, 0.15) is 6.04 Å². The molecule has 100 valence electrons. The van der Waals surface area contributed by atoms with Crippen LogP contribution in [-0.4, -0.2) is 40.3 Å². The summed E-state index contributed by atoms with van der Waals surface area (Å²) in [6.45, 7) is -0.0253. The third-order valence-corrected chi connectivity index (χ3v) is 3.96. The lowest BCUT2D eigenvalue weighted by Crippen LogP contribution is -2.43. The zero-order valence-corrected chi connectivity index (χ0v) is 10.4. The first kappa shape index (κ1) is 13.1. The number of carbonyl (C=O) groups excluding carboxylic acids is 2. The van der Waals surface area contributed by atoms with Crippen LogP contribution in [0.5, 0.6) is 0 Å². The molecular formula is C13H19NO4. The Hall–Kier alpha value is -1.39. The van der Waals surface area contributed by atoms with Gasteiger partial charge in [-0.25, -0.2) is 4.79 Å². The first-order valence-electron chi connectivity index (χ1n) is 6.62. The van der Waals surface area contributed by atoms with Crippen molar-refractivity contribution in [1.82, 2.24) is 4.90 Å². The van der Waals surface area contributed by atoms with Crippen LogP contribution in [-0.2, 0) is 14.4 Å². The molecule has 1 aliphatic carbocycles. The van der Waals surface area contributed by atoms with E-state index in [0.29, 0.717) is 12.3 Å². The maximum Gasteiger partial charge on any atom is 0.326 e. The van der Waals surface area contributed by atoms with Gasteiger partial charge in [-0.3, -0.25) is 9.59 Å². The van der Waals surface area contributed by atoms with Crippen molar-refractivity contribution in [1.29, 1.82) is 0 Å². The molecule has 5 heteroatoms.